The Balaban J connectivity index is 2.40. The highest BCUT2D eigenvalue weighted by atomic mass is 79.9. The fourth-order valence-electron chi connectivity index (χ4n) is 1.77. The number of rotatable bonds is 2. The molecule has 0 spiro atoms. The van der Waals surface area contributed by atoms with Gasteiger partial charge in [-0.05, 0) is 17.7 Å². The van der Waals surface area contributed by atoms with Gasteiger partial charge in [0.05, 0.1) is 0 Å². The maximum Gasteiger partial charge on any atom is 0.334 e. The van der Waals surface area contributed by atoms with E-state index in [-0.39, 0.29) is 11.8 Å². The Morgan fingerprint density at radius 1 is 1.44 bits per heavy atom. The standard InChI is InChI=1S/C12H10BrFO2/c1-8-6-12(7-13,16-11(8)15)9-2-4-10(14)5-3-9/h2-5H,1,6-7H2. The van der Waals surface area contributed by atoms with Crippen molar-refractivity contribution in [1.82, 2.24) is 0 Å². The second-order valence-electron chi connectivity index (χ2n) is 3.80. The number of carbonyl (C=O) groups is 1. The van der Waals surface area contributed by atoms with E-state index in [0.29, 0.717) is 17.3 Å². The molecule has 4 heteroatoms. The first kappa shape index (κ1) is 11.3. The van der Waals surface area contributed by atoms with E-state index in [1.807, 2.05) is 0 Å². The zero-order chi connectivity index (χ0) is 11.8. The summed E-state index contributed by atoms with van der Waals surface area (Å²) in [7, 11) is 0. The van der Waals surface area contributed by atoms with Gasteiger partial charge in [0.15, 0.2) is 5.60 Å². The van der Waals surface area contributed by atoms with E-state index in [2.05, 4.69) is 22.5 Å². The van der Waals surface area contributed by atoms with Crippen molar-refractivity contribution in [2.75, 3.05) is 5.33 Å². The van der Waals surface area contributed by atoms with Crippen LogP contribution in [0.2, 0.25) is 0 Å². The summed E-state index contributed by atoms with van der Waals surface area (Å²) in [6, 6.07) is 5.97. The molecule has 0 radical (unpaired) electrons. The molecule has 1 unspecified atom stereocenters. The van der Waals surface area contributed by atoms with Crippen LogP contribution in [0.5, 0.6) is 0 Å². The minimum absolute atomic E-state index is 0.309. The van der Waals surface area contributed by atoms with Crippen molar-refractivity contribution < 1.29 is 13.9 Å². The van der Waals surface area contributed by atoms with Gasteiger partial charge < -0.3 is 4.74 Å². The van der Waals surface area contributed by atoms with Crippen LogP contribution >= 0.6 is 15.9 Å². The summed E-state index contributed by atoms with van der Waals surface area (Å²) >= 11 is 3.33. The first-order valence-corrected chi connectivity index (χ1v) is 5.93. The molecule has 0 aromatic heterocycles. The number of halogens is 2. The van der Waals surface area contributed by atoms with Gasteiger partial charge in [-0.1, -0.05) is 34.6 Å². The van der Waals surface area contributed by atoms with E-state index in [9.17, 15) is 9.18 Å². The minimum atomic E-state index is -0.734. The van der Waals surface area contributed by atoms with Gasteiger partial charge in [0.25, 0.3) is 0 Å². The van der Waals surface area contributed by atoms with Crippen LogP contribution in [0.25, 0.3) is 0 Å². The molecular formula is C12H10BrFO2. The highest BCUT2D eigenvalue weighted by Gasteiger charge is 2.43. The van der Waals surface area contributed by atoms with E-state index >= 15 is 0 Å². The third kappa shape index (κ3) is 1.78. The molecule has 1 atom stereocenters. The van der Waals surface area contributed by atoms with Crippen LogP contribution in [-0.4, -0.2) is 11.3 Å². The second kappa shape index (κ2) is 4.01. The first-order valence-electron chi connectivity index (χ1n) is 4.80. The molecule has 0 amide bonds. The van der Waals surface area contributed by atoms with Crippen LogP contribution in [0.4, 0.5) is 4.39 Å². The Morgan fingerprint density at radius 3 is 2.50 bits per heavy atom. The Hall–Kier alpha value is -1.16. The number of cyclic esters (lactones) is 1. The third-order valence-electron chi connectivity index (χ3n) is 2.66. The van der Waals surface area contributed by atoms with Gasteiger partial charge in [0.2, 0.25) is 0 Å². The summed E-state index contributed by atoms with van der Waals surface area (Å²) in [6.07, 6.45) is 0.433. The van der Waals surface area contributed by atoms with Crippen molar-refractivity contribution in [3.63, 3.8) is 0 Å². The Labute approximate surface area is 101 Å². The molecule has 1 aliphatic rings. The molecule has 2 nitrogen and oxygen atoms in total. The first-order chi connectivity index (χ1) is 7.57. The van der Waals surface area contributed by atoms with Gasteiger partial charge in [0.1, 0.15) is 5.82 Å². The molecule has 84 valence electrons. The zero-order valence-corrected chi connectivity index (χ0v) is 10.1. The fourth-order valence-corrected chi connectivity index (χ4v) is 2.41. The van der Waals surface area contributed by atoms with Crippen LogP contribution in [0.1, 0.15) is 12.0 Å². The van der Waals surface area contributed by atoms with E-state index < -0.39 is 5.60 Å². The lowest BCUT2D eigenvalue weighted by Gasteiger charge is -2.25. The number of benzene rings is 1. The van der Waals surface area contributed by atoms with Crippen molar-refractivity contribution in [3.05, 3.63) is 47.8 Å². The van der Waals surface area contributed by atoms with Crippen molar-refractivity contribution in [2.45, 2.75) is 12.0 Å². The molecule has 1 heterocycles. The Kier molecular flexibility index (Phi) is 2.84. The quantitative estimate of drug-likeness (QED) is 0.474. The third-order valence-corrected chi connectivity index (χ3v) is 3.57. The normalized spacial score (nSPS) is 24.6. The summed E-state index contributed by atoms with van der Waals surface area (Å²) in [5.41, 5.74) is 0.489. The number of ether oxygens (including phenoxy) is 1. The number of carbonyl (C=O) groups excluding carboxylic acids is 1. The van der Waals surface area contributed by atoms with Crippen LogP contribution < -0.4 is 0 Å². The van der Waals surface area contributed by atoms with Crippen molar-refractivity contribution >= 4 is 21.9 Å². The zero-order valence-electron chi connectivity index (χ0n) is 8.50. The molecule has 0 bridgehead atoms. The summed E-state index contributed by atoms with van der Waals surface area (Å²) in [5, 5.41) is 0.469. The molecule has 0 saturated carbocycles. The average molecular weight is 285 g/mol. The number of hydrogen-bond donors (Lipinski definition) is 0. The summed E-state index contributed by atoms with van der Waals surface area (Å²) in [6.45, 7) is 3.65. The molecule has 1 aromatic carbocycles. The molecule has 0 N–H and O–H groups in total. The lowest BCUT2D eigenvalue weighted by atomic mass is 9.92. The van der Waals surface area contributed by atoms with Gasteiger partial charge in [0, 0.05) is 17.3 Å². The van der Waals surface area contributed by atoms with E-state index in [1.54, 1.807) is 12.1 Å². The smallest absolute Gasteiger partial charge is 0.334 e. The summed E-state index contributed by atoms with van der Waals surface area (Å²) in [4.78, 5) is 11.4. The Morgan fingerprint density at radius 2 is 2.06 bits per heavy atom. The van der Waals surface area contributed by atoms with Crippen molar-refractivity contribution in [3.8, 4) is 0 Å². The van der Waals surface area contributed by atoms with Crippen LogP contribution in [-0.2, 0) is 15.1 Å². The Bertz CT molecular complexity index is 423. The number of alkyl halides is 1. The van der Waals surface area contributed by atoms with Gasteiger partial charge in [-0.2, -0.15) is 0 Å². The molecule has 1 aliphatic heterocycles. The molecule has 1 saturated heterocycles. The second-order valence-corrected chi connectivity index (χ2v) is 4.37. The molecule has 16 heavy (non-hydrogen) atoms. The van der Waals surface area contributed by atoms with Crippen LogP contribution in [0.15, 0.2) is 36.4 Å². The van der Waals surface area contributed by atoms with Crippen molar-refractivity contribution in [2.24, 2.45) is 0 Å². The number of esters is 1. The van der Waals surface area contributed by atoms with E-state index in [4.69, 9.17) is 4.74 Å². The molecule has 1 aromatic rings. The number of hydrogen-bond acceptors (Lipinski definition) is 2. The van der Waals surface area contributed by atoms with Gasteiger partial charge >= 0.3 is 5.97 Å². The van der Waals surface area contributed by atoms with Crippen LogP contribution in [0.3, 0.4) is 0 Å². The lowest BCUT2D eigenvalue weighted by Crippen LogP contribution is -2.27. The topological polar surface area (TPSA) is 26.3 Å². The van der Waals surface area contributed by atoms with Crippen molar-refractivity contribution in [1.29, 1.82) is 0 Å². The summed E-state index contributed by atoms with van der Waals surface area (Å²) in [5.74, 6) is -0.694. The molecule has 1 fully saturated rings. The fraction of sp³-hybridized carbons (Fsp3) is 0.250. The average Bonchev–Trinajstić information content (AvgIpc) is 2.57. The van der Waals surface area contributed by atoms with Crippen LogP contribution in [0, 0.1) is 5.82 Å². The molecule has 0 aliphatic carbocycles. The lowest BCUT2D eigenvalue weighted by molar-refractivity contribution is -0.145. The maximum atomic E-state index is 12.8. The highest BCUT2D eigenvalue weighted by Crippen LogP contribution is 2.40. The molecular weight excluding hydrogens is 275 g/mol. The predicted molar refractivity (Wildman–Crippen MR) is 61.7 cm³/mol. The monoisotopic (exact) mass is 284 g/mol. The predicted octanol–water partition coefficient (Wildman–Crippen LogP) is 2.92. The van der Waals surface area contributed by atoms with E-state index in [0.717, 1.165) is 5.56 Å². The largest absolute Gasteiger partial charge is 0.450 e. The van der Waals surface area contributed by atoms with Gasteiger partial charge in [-0.3, -0.25) is 0 Å². The van der Waals surface area contributed by atoms with Gasteiger partial charge in [-0.25, -0.2) is 9.18 Å². The maximum absolute atomic E-state index is 12.8. The van der Waals surface area contributed by atoms with E-state index in [1.165, 1.54) is 12.1 Å². The minimum Gasteiger partial charge on any atom is -0.450 e. The SMILES string of the molecule is C=C1CC(CBr)(c2ccc(F)cc2)OC1=O. The van der Waals surface area contributed by atoms with Gasteiger partial charge in [-0.15, -0.1) is 0 Å². The molecule has 2 rings (SSSR count). The summed E-state index contributed by atoms with van der Waals surface area (Å²) < 4.78 is 18.1. The highest BCUT2D eigenvalue weighted by molar-refractivity contribution is 9.09.